The standard InChI is InChI=1S/C68H84N2O4/c1-61-21-45-22-62(2,33-61)36-67(31-45,35-61)47-5-7-57(73-59-19-55(71)53(69)17-51(59)65-25-39-9-40(26-65)11-41(10-39)27-65)49(15-47)50-16-48(68-32-46-23-63(3,37-68)34-64(4,24-46)38-68)6-8-58(50)74-60-20-56(72)54(70)18-52(60)66-28-42-12-43(29-66)14-44(13-42)30-66/h5-8,15-20,39-46,71-72H,9-14,21-38,69-70H2,1-4H3. The van der Waals surface area contributed by atoms with Crippen LogP contribution < -0.4 is 20.9 Å². The third-order valence-corrected chi connectivity index (χ3v) is 24.6. The van der Waals surface area contributed by atoms with Gasteiger partial charge in [-0.05, 0) is 292 Å². The van der Waals surface area contributed by atoms with Crippen LogP contribution in [0.4, 0.5) is 11.4 Å². The Morgan fingerprint density at radius 1 is 0.365 bits per heavy atom. The highest BCUT2D eigenvalue weighted by atomic mass is 16.5. The predicted octanol–water partition coefficient (Wildman–Crippen LogP) is 16.9. The van der Waals surface area contributed by atoms with Crippen LogP contribution in [0.15, 0.2) is 60.7 Å². The Morgan fingerprint density at radius 3 is 0.986 bits per heavy atom. The molecular weight excluding hydrogens is 909 g/mol. The van der Waals surface area contributed by atoms with Crippen molar-refractivity contribution in [3.05, 3.63) is 82.9 Å². The van der Waals surface area contributed by atoms with Gasteiger partial charge in [-0.15, -0.1) is 0 Å². The number of nitrogens with two attached hydrogens (primary N) is 2. The molecule has 16 bridgehead atoms. The van der Waals surface area contributed by atoms with Gasteiger partial charge in [0, 0.05) is 34.4 Å². The van der Waals surface area contributed by atoms with E-state index in [0.717, 1.165) is 81.5 Å². The zero-order valence-electron chi connectivity index (χ0n) is 45.2. The molecule has 4 aromatic rings. The molecule has 6 nitrogen and oxygen atoms in total. The minimum Gasteiger partial charge on any atom is -0.506 e. The van der Waals surface area contributed by atoms with Crippen molar-refractivity contribution in [3.8, 4) is 45.6 Å². The lowest BCUT2D eigenvalue weighted by molar-refractivity contribution is -0.110. The lowest BCUT2D eigenvalue weighted by Crippen LogP contribution is -2.56. The molecule has 74 heavy (non-hydrogen) atoms. The summed E-state index contributed by atoms with van der Waals surface area (Å²) in [7, 11) is 0. The monoisotopic (exact) mass is 993 g/mol. The number of ether oxygens (including phenoxy) is 2. The van der Waals surface area contributed by atoms with E-state index in [2.05, 4.69) is 76.2 Å². The van der Waals surface area contributed by atoms with E-state index in [-0.39, 0.29) is 33.2 Å². The fraction of sp³-hybridized carbons (Fsp3) is 0.647. The molecule has 0 saturated heterocycles. The number of nitrogen functional groups attached to an aromatic ring is 2. The molecule has 4 aromatic carbocycles. The third kappa shape index (κ3) is 6.84. The maximum atomic E-state index is 11.6. The Labute approximate surface area is 441 Å². The highest BCUT2D eigenvalue weighted by Gasteiger charge is 2.63. The molecule has 6 N–H and O–H groups in total. The third-order valence-electron chi connectivity index (χ3n) is 24.6. The van der Waals surface area contributed by atoms with E-state index < -0.39 is 0 Å². The largest absolute Gasteiger partial charge is 0.506 e. The van der Waals surface area contributed by atoms with Gasteiger partial charge in [-0.2, -0.15) is 0 Å². The van der Waals surface area contributed by atoms with E-state index in [0.29, 0.717) is 33.0 Å². The Balaban J connectivity index is 0.901. The SMILES string of the molecule is CC12CC3CC(C)(C1)CC(c1ccc(Oc4cc(O)c(N)cc4C45CC6CC(CC(C6)C4)C5)c(-c4cc(C56CC7CC(C)(CC(C)(C7)C5)C6)ccc4Oc4cc(O)c(N)cc4C45CC6CC(CC(C6)C4)C5)c1)(C3)C2. The lowest BCUT2D eigenvalue weighted by atomic mass is 9.39. The van der Waals surface area contributed by atoms with Crippen molar-refractivity contribution < 1.29 is 19.7 Å². The smallest absolute Gasteiger partial charge is 0.142 e. The molecule has 0 aliphatic heterocycles. The molecule has 0 amide bonds. The normalized spacial score (nSPS) is 45.2. The Morgan fingerprint density at radius 2 is 0.676 bits per heavy atom. The average Bonchev–Trinajstić information content (AvgIpc) is 3.28. The van der Waals surface area contributed by atoms with Crippen LogP contribution in [-0.2, 0) is 21.7 Å². The topological polar surface area (TPSA) is 111 Å². The van der Waals surface area contributed by atoms with Crippen molar-refractivity contribution in [1.29, 1.82) is 0 Å². The van der Waals surface area contributed by atoms with Crippen molar-refractivity contribution in [1.82, 2.24) is 0 Å². The van der Waals surface area contributed by atoms with Crippen LogP contribution in [-0.4, -0.2) is 10.2 Å². The first-order valence-corrected chi connectivity index (χ1v) is 30.2. The predicted molar refractivity (Wildman–Crippen MR) is 295 cm³/mol. The van der Waals surface area contributed by atoms with Gasteiger partial charge in [-0.25, -0.2) is 0 Å². The fourth-order valence-electron chi connectivity index (χ4n) is 25.1. The molecule has 0 heterocycles. The fourth-order valence-corrected chi connectivity index (χ4v) is 25.1. The van der Waals surface area contributed by atoms with Crippen molar-refractivity contribution in [2.75, 3.05) is 11.5 Å². The van der Waals surface area contributed by atoms with E-state index in [1.54, 1.807) is 0 Å². The van der Waals surface area contributed by atoms with Gasteiger partial charge in [0.1, 0.15) is 34.5 Å². The van der Waals surface area contributed by atoms with Gasteiger partial charge in [0.15, 0.2) is 0 Å². The van der Waals surface area contributed by atoms with E-state index in [1.165, 1.54) is 176 Å². The molecule has 0 aromatic heterocycles. The molecule has 16 aliphatic rings. The molecule has 16 aliphatic carbocycles. The summed E-state index contributed by atoms with van der Waals surface area (Å²) < 4.78 is 15.3. The number of aromatic hydroxyl groups is 2. The molecule has 0 radical (unpaired) electrons. The second kappa shape index (κ2) is 14.8. The van der Waals surface area contributed by atoms with Crippen LogP contribution >= 0.6 is 0 Å². The van der Waals surface area contributed by atoms with E-state index >= 15 is 0 Å². The van der Waals surface area contributed by atoms with Crippen LogP contribution in [0.2, 0.25) is 0 Å². The maximum absolute atomic E-state index is 11.6. The summed E-state index contributed by atoms with van der Waals surface area (Å²) in [6, 6.07) is 22.6. The Bertz CT molecular complexity index is 2750. The lowest BCUT2D eigenvalue weighted by Gasteiger charge is -2.66. The van der Waals surface area contributed by atoms with Crippen LogP contribution in [0.25, 0.3) is 11.1 Å². The van der Waals surface area contributed by atoms with Gasteiger partial charge in [0.05, 0.1) is 11.4 Å². The molecule has 4 atom stereocenters. The molecule has 20 rings (SSSR count). The molecule has 6 heteroatoms. The summed E-state index contributed by atoms with van der Waals surface area (Å²) >= 11 is 0. The number of hydrogen-bond acceptors (Lipinski definition) is 6. The minimum absolute atomic E-state index is 0.000176. The number of hydrogen-bond donors (Lipinski definition) is 4. The van der Waals surface area contributed by atoms with Gasteiger partial charge in [0.2, 0.25) is 0 Å². The summed E-state index contributed by atoms with van der Waals surface area (Å²) in [6.45, 7) is 10.4. The van der Waals surface area contributed by atoms with E-state index in [1.807, 2.05) is 12.1 Å². The summed E-state index contributed by atoms with van der Waals surface area (Å²) in [5.74, 6) is 9.33. The Kier molecular flexibility index (Phi) is 9.18. The first kappa shape index (κ1) is 45.8. The summed E-state index contributed by atoms with van der Waals surface area (Å²) in [4.78, 5) is 0. The molecule has 4 unspecified atom stereocenters. The average molecular weight is 993 g/mol. The quantitative estimate of drug-likeness (QED) is 0.0982. The summed E-state index contributed by atoms with van der Waals surface area (Å²) in [5, 5.41) is 23.2. The van der Waals surface area contributed by atoms with E-state index in [4.69, 9.17) is 20.9 Å². The van der Waals surface area contributed by atoms with Gasteiger partial charge in [-0.1, -0.05) is 39.8 Å². The van der Waals surface area contributed by atoms with Gasteiger partial charge in [0.25, 0.3) is 0 Å². The van der Waals surface area contributed by atoms with Gasteiger partial charge < -0.3 is 31.2 Å². The van der Waals surface area contributed by atoms with Gasteiger partial charge in [-0.3, -0.25) is 0 Å². The second-order valence-electron chi connectivity index (χ2n) is 31.7. The number of phenols is 2. The van der Waals surface area contributed by atoms with Crippen LogP contribution in [0.3, 0.4) is 0 Å². The second-order valence-corrected chi connectivity index (χ2v) is 31.7. The highest BCUT2D eigenvalue weighted by Crippen LogP contribution is 2.73. The molecule has 390 valence electrons. The van der Waals surface area contributed by atoms with Crippen molar-refractivity contribution in [3.63, 3.8) is 0 Å². The zero-order valence-corrected chi connectivity index (χ0v) is 45.2. The van der Waals surface area contributed by atoms with E-state index in [9.17, 15) is 10.2 Å². The molecule has 16 saturated carbocycles. The number of phenolic OH excluding ortho intramolecular Hbond substituents is 2. The molecule has 0 spiro atoms. The first-order chi connectivity index (χ1) is 35.2. The van der Waals surface area contributed by atoms with Crippen LogP contribution in [0.1, 0.15) is 204 Å². The first-order valence-electron chi connectivity index (χ1n) is 30.2. The minimum atomic E-state index is -0.000176. The number of anilines is 2. The number of rotatable bonds is 9. The summed E-state index contributed by atoms with van der Waals surface area (Å²) in [5.41, 5.74) is 23.4. The zero-order chi connectivity index (χ0) is 50.2. The summed E-state index contributed by atoms with van der Waals surface area (Å²) in [6.07, 6.45) is 30.7. The maximum Gasteiger partial charge on any atom is 0.142 e. The molecular formula is C68H84N2O4. The highest BCUT2D eigenvalue weighted by molar-refractivity contribution is 5.79. The van der Waals surface area contributed by atoms with Crippen LogP contribution in [0.5, 0.6) is 34.5 Å². The Hall–Kier alpha value is -4.32. The van der Waals surface area contributed by atoms with Crippen LogP contribution in [0, 0.1) is 69.0 Å². The van der Waals surface area contributed by atoms with Crippen molar-refractivity contribution in [2.24, 2.45) is 69.0 Å². The van der Waals surface area contributed by atoms with Crippen molar-refractivity contribution in [2.45, 2.75) is 203 Å². The number of benzene rings is 4. The molecule has 16 fully saturated rings. The van der Waals surface area contributed by atoms with Gasteiger partial charge >= 0.3 is 0 Å². The van der Waals surface area contributed by atoms with Crippen molar-refractivity contribution >= 4 is 11.4 Å².